The molecule has 0 unspecified atom stereocenters. The number of benzene rings is 1. The third-order valence-electron chi connectivity index (χ3n) is 5.73. The molecule has 4 atom stereocenters. The predicted octanol–water partition coefficient (Wildman–Crippen LogP) is 2.17. The maximum Gasteiger partial charge on any atom is 0.342 e. The first kappa shape index (κ1) is 25.7. The molecule has 9 nitrogen and oxygen atoms in total. The van der Waals surface area contributed by atoms with E-state index in [1.165, 1.54) is 24.3 Å². The number of phenolic OH excluding ortho intramolecular Hbond substituents is 1. The van der Waals surface area contributed by atoms with Gasteiger partial charge in [0.15, 0.2) is 5.78 Å². The zero-order valence-corrected chi connectivity index (χ0v) is 19.9. The second kappa shape index (κ2) is 10.1. The van der Waals surface area contributed by atoms with Gasteiger partial charge in [-0.25, -0.2) is 13.2 Å². The fourth-order valence-electron chi connectivity index (χ4n) is 3.52. The van der Waals surface area contributed by atoms with Gasteiger partial charge in [0.1, 0.15) is 44.7 Å². The molecule has 2 aromatic rings. The number of aromatic hydroxyl groups is 1. The van der Waals surface area contributed by atoms with Gasteiger partial charge < -0.3 is 24.5 Å². The molecule has 1 aliphatic heterocycles. The summed E-state index contributed by atoms with van der Waals surface area (Å²) in [6.07, 6.45) is 2.95. The summed E-state index contributed by atoms with van der Waals surface area (Å²) in [6, 6.07) is 2.85. The van der Waals surface area contributed by atoms with Crippen molar-refractivity contribution in [2.24, 2.45) is 5.92 Å². The molecule has 0 spiro atoms. The first-order chi connectivity index (χ1) is 15.9. The van der Waals surface area contributed by atoms with Crippen molar-refractivity contribution >= 4 is 38.6 Å². The second-order valence-corrected chi connectivity index (χ2v) is 10.8. The molecule has 0 saturated heterocycles. The van der Waals surface area contributed by atoms with E-state index in [-0.39, 0.29) is 41.1 Å². The molecular formula is C24H28O9S. The molecule has 184 valence electrons. The van der Waals surface area contributed by atoms with Gasteiger partial charge in [0, 0.05) is 35.6 Å². The number of sulfone groups is 1. The van der Waals surface area contributed by atoms with Gasteiger partial charge in [-0.3, -0.25) is 4.79 Å². The number of hydrogen-bond acceptors (Lipinski definition) is 9. The van der Waals surface area contributed by atoms with E-state index in [9.17, 15) is 33.3 Å². The number of aliphatic hydroxyl groups excluding tert-OH is 2. The molecule has 0 aliphatic carbocycles. The van der Waals surface area contributed by atoms with Gasteiger partial charge in [0.05, 0.1) is 11.9 Å². The van der Waals surface area contributed by atoms with Crippen LogP contribution in [0.15, 0.2) is 34.8 Å². The largest absolute Gasteiger partial charge is 0.507 e. The average molecular weight is 493 g/mol. The monoisotopic (exact) mass is 492 g/mol. The molecule has 10 heteroatoms. The summed E-state index contributed by atoms with van der Waals surface area (Å²) >= 11 is 0. The Morgan fingerprint density at radius 3 is 2.50 bits per heavy atom. The Balaban J connectivity index is 2.12. The molecule has 0 bridgehead atoms. The molecule has 3 N–H and O–H groups in total. The zero-order valence-electron chi connectivity index (χ0n) is 19.1. The predicted molar refractivity (Wildman–Crippen MR) is 125 cm³/mol. The number of esters is 1. The van der Waals surface area contributed by atoms with E-state index in [4.69, 9.17) is 9.15 Å². The number of ketones is 1. The van der Waals surface area contributed by atoms with Gasteiger partial charge in [0.2, 0.25) is 0 Å². The van der Waals surface area contributed by atoms with E-state index < -0.39 is 45.8 Å². The van der Waals surface area contributed by atoms with Crippen LogP contribution in [0.2, 0.25) is 0 Å². The lowest BCUT2D eigenvalue weighted by Crippen LogP contribution is -2.32. The Morgan fingerprint density at radius 2 is 1.82 bits per heavy atom. The SMILES string of the molecule is C[C@@H]1/C=C\C(=O)[C@@H](O)[C@@H](O)C/C=C/c2c(c(O)cc3oc(CCS(C)(=O)=O)cc23)C(=O)O[C@H]1C. The van der Waals surface area contributed by atoms with Crippen LogP contribution in [0.4, 0.5) is 0 Å². The van der Waals surface area contributed by atoms with E-state index in [0.29, 0.717) is 11.1 Å². The molecule has 1 aliphatic rings. The first-order valence-electron chi connectivity index (χ1n) is 10.8. The lowest BCUT2D eigenvalue weighted by Gasteiger charge is -2.20. The fraction of sp³-hybridized carbons (Fsp3) is 0.417. The molecule has 34 heavy (non-hydrogen) atoms. The van der Waals surface area contributed by atoms with Crippen molar-refractivity contribution in [2.75, 3.05) is 12.0 Å². The van der Waals surface area contributed by atoms with E-state index in [0.717, 1.165) is 12.3 Å². The van der Waals surface area contributed by atoms with E-state index >= 15 is 0 Å². The number of aryl methyl sites for hydroxylation is 1. The zero-order chi connectivity index (χ0) is 25.2. The number of cyclic esters (lactones) is 1. The van der Waals surface area contributed by atoms with Crippen molar-refractivity contribution in [3.63, 3.8) is 0 Å². The van der Waals surface area contributed by atoms with Gasteiger partial charge in [0.25, 0.3) is 0 Å². The van der Waals surface area contributed by atoms with Crippen LogP contribution in [-0.2, 0) is 25.8 Å². The highest BCUT2D eigenvalue weighted by molar-refractivity contribution is 7.90. The highest BCUT2D eigenvalue weighted by Gasteiger charge is 2.26. The van der Waals surface area contributed by atoms with Crippen molar-refractivity contribution in [2.45, 2.75) is 45.0 Å². The highest BCUT2D eigenvalue weighted by atomic mass is 32.2. The number of fused-ring (bicyclic) bond motifs is 3. The van der Waals surface area contributed by atoms with Crippen LogP contribution < -0.4 is 0 Å². The average Bonchev–Trinajstić information content (AvgIpc) is 3.16. The number of carbonyl (C=O) groups is 2. The molecule has 0 radical (unpaired) electrons. The van der Waals surface area contributed by atoms with Crippen molar-refractivity contribution < 1.29 is 42.5 Å². The number of carbonyl (C=O) groups excluding carboxylic acids is 2. The summed E-state index contributed by atoms with van der Waals surface area (Å²) in [5.74, 6) is -2.05. The maximum absolute atomic E-state index is 13.0. The van der Waals surface area contributed by atoms with E-state index in [2.05, 4.69) is 0 Å². The Kier molecular flexibility index (Phi) is 7.64. The number of furan rings is 1. The Morgan fingerprint density at radius 1 is 1.12 bits per heavy atom. The van der Waals surface area contributed by atoms with Gasteiger partial charge in [-0.05, 0) is 25.5 Å². The normalized spacial score (nSPS) is 26.5. The number of rotatable bonds is 3. The van der Waals surface area contributed by atoms with Crippen LogP contribution in [0, 0.1) is 5.92 Å². The molecule has 0 saturated carbocycles. The van der Waals surface area contributed by atoms with E-state index in [1.54, 1.807) is 19.9 Å². The van der Waals surface area contributed by atoms with Crippen LogP contribution in [0.25, 0.3) is 17.0 Å². The van der Waals surface area contributed by atoms with Crippen LogP contribution in [0.3, 0.4) is 0 Å². The topological polar surface area (TPSA) is 151 Å². The van der Waals surface area contributed by atoms with E-state index in [1.807, 2.05) is 0 Å². The van der Waals surface area contributed by atoms with Gasteiger partial charge in [-0.2, -0.15) is 0 Å². The lowest BCUT2D eigenvalue weighted by atomic mass is 9.98. The molecule has 1 aromatic heterocycles. The van der Waals surface area contributed by atoms with Crippen molar-refractivity contribution in [3.05, 3.63) is 47.2 Å². The summed E-state index contributed by atoms with van der Waals surface area (Å²) in [7, 11) is -3.24. The second-order valence-electron chi connectivity index (χ2n) is 8.57. The first-order valence-corrected chi connectivity index (χ1v) is 12.8. The number of aliphatic hydroxyl groups is 2. The fourth-order valence-corrected chi connectivity index (χ4v) is 4.09. The minimum Gasteiger partial charge on any atom is -0.507 e. The minimum atomic E-state index is -3.24. The van der Waals surface area contributed by atoms with Crippen LogP contribution in [0.5, 0.6) is 5.75 Å². The standard InChI is InChI=1S/C24H28O9S/c1-13-7-8-19(26)23(28)18(25)6-4-5-16-17-11-15(9-10-34(3,30)31)33-21(17)12-20(27)22(16)24(29)32-14(13)2/h4-5,7-8,11-14,18,23,25,27-28H,6,9-10H2,1-3H3/b5-4+,8-7-/t13-,14+,18+,23+/m1/s1. The number of ether oxygens (including phenoxy) is 1. The minimum absolute atomic E-state index is 0.102. The molecular weight excluding hydrogens is 464 g/mol. The summed E-state index contributed by atoms with van der Waals surface area (Å²) in [5, 5.41) is 31.4. The maximum atomic E-state index is 13.0. The Bertz CT molecular complexity index is 1250. The van der Waals surface area contributed by atoms with Crippen molar-refractivity contribution in [3.8, 4) is 5.75 Å². The third kappa shape index (κ3) is 5.94. The van der Waals surface area contributed by atoms with Crippen molar-refractivity contribution in [1.82, 2.24) is 0 Å². The molecule has 0 fully saturated rings. The summed E-state index contributed by atoms with van der Waals surface area (Å²) in [6.45, 7) is 3.34. The highest BCUT2D eigenvalue weighted by Crippen LogP contribution is 2.35. The molecule has 3 rings (SSSR count). The van der Waals surface area contributed by atoms with Crippen molar-refractivity contribution in [1.29, 1.82) is 0 Å². The van der Waals surface area contributed by atoms with Crippen LogP contribution in [0.1, 0.15) is 41.9 Å². The molecule has 2 heterocycles. The smallest absolute Gasteiger partial charge is 0.342 e. The summed E-state index contributed by atoms with van der Waals surface area (Å²) in [5.41, 5.74) is 0.360. The molecule has 0 amide bonds. The van der Waals surface area contributed by atoms with Gasteiger partial charge in [-0.1, -0.05) is 25.2 Å². The molecule has 1 aromatic carbocycles. The van der Waals surface area contributed by atoms with Gasteiger partial charge in [-0.15, -0.1) is 0 Å². The third-order valence-corrected chi connectivity index (χ3v) is 6.68. The summed E-state index contributed by atoms with van der Waals surface area (Å²) in [4.78, 5) is 25.2. The number of phenols is 1. The Labute approximate surface area is 197 Å². The van der Waals surface area contributed by atoms with Gasteiger partial charge >= 0.3 is 5.97 Å². The Hall–Kier alpha value is -2.95. The number of hydrogen-bond donors (Lipinski definition) is 3. The van der Waals surface area contributed by atoms with Crippen LogP contribution in [-0.4, -0.2) is 65.8 Å². The van der Waals surface area contributed by atoms with Crippen LogP contribution >= 0.6 is 0 Å². The quantitative estimate of drug-likeness (QED) is 0.547. The summed E-state index contributed by atoms with van der Waals surface area (Å²) < 4.78 is 34.3. The lowest BCUT2D eigenvalue weighted by molar-refractivity contribution is -0.127.